The number of para-hydroxylation sites is 2. The number of methoxy groups -OCH3 is 2. The number of nitrogens with zero attached hydrogens (tertiary/aromatic N) is 3. The van der Waals surface area contributed by atoms with Crippen LogP contribution < -0.4 is 14.2 Å². The van der Waals surface area contributed by atoms with Crippen molar-refractivity contribution in [3.8, 4) is 23.0 Å². The molecule has 0 spiro atoms. The van der Waals surface area contributed by atoms with Gasteiger partial charge in [0.05, 0.1) is 24.7 Å². The molecule has 0 amide bonds. The van der Waals surface area contributed by atoms with Crippen LogP contribution in [-0.2, 0) is 10.0 Å². The van der Waals surface area contributed by atoms with Gasteiger partial charge in [0.2, 0.25) is 10.0 Å². The summed E-state index contributed by atoms with van der Waals surface area (Å²) >= 11 is 0. The quantitative estimate of drug-likeness (QED) is 0.540. The summed E-state index contributed by atoms with van der Waals surface area (Å²) in [5.41, 5.74) is 1.53. The van der Waals surface area contributed by atoms with Crippen molar-refractivity contribution in [2.45, 2.75) is 17.9 Å². The molecule has 1 saturated heterocycles. The molecule has 0 aliphatic carbocycles. The van der Waals surface area contributed by atoms with Crippen LogP contribution in [0, 0.1) is 0 Å². The largest absolute Gasteiger partial charge is 0.497 e. The van der Waals surface area contributed by atoms with E-state index in [1.165, 1.54) is 0 Å². The minimum absolute atomic E-state index is 0.253. The maximum Gasteiger partial charge on any atom is 0.243 e. The molecule has 8 nitrogen and oxygen atoms in total. The van der Waals surface area contributed by atoms with Gasteiger partial charge in [-0.05, 0) is 61.5 Å². The van der Waals surface area contributed by atoms with E-state index in [1.807, 2.05) is 49.4 Å². The second-order valence-electron chi connectivity index (χ2n) is 8.45. The first kappa shape index (κ1) is 23.2. The van der Waals surface area contributed by atoms with Gasteiger partial charge in [0, 0.05) is 25.7 Å². The summed E-state index contributed by atoms with van der Waals surface area (Å²) in [6, 6.07) is 19.5. The van der Waals surface area contributed by atoms with E-state index in [9.17, 15) is 8.42 Å². The zero-order valence-corrected chi connectivity index (χ0v) is 20.7. The molecular formula is C26H27N3O5S. The van der Waals surface area contributed by atoms with Crippen LogP contribution in [0.25, 0.3) is 0 Å². The molecular weight excluding hydrogens is 466 g/mol. The molecule has 3 aromatic rings. The zero-order valence-electron chi connectivity index (χ0n) is 19.8. The normalized spacial score (nSPS) is 18.0. The Morgan fingerprint density at radius 3 is 2.34 bits per heavy atom. The Hall–Kier alpha value is -3.56. The van der Waals surface area contributed by atoms with E-state index >= 15 is 0 Å². The molecule has 9 heteroatoms. The van der Waals surface area contributed by atoms with Crippen molar-refractivity contribution >= 4 is 21.5 Å². The Morgan fingerprint density at radius 2 is 1.63 bits per heavy atom. The predicted octanol–water partition coefficient (Wildman–Crippen LogP) is 4.28. The molecule has 5 rings (SSSR count). The van der Waals surface area contributed by atoms with E-state index in [1.54, 1.807) is 42.8 Å². The van der Waals surface area contributed by atoms with Crippen LogP contribution in [-0.4, -0.2) is 63.4 Å². The highest BCUT2D eigenvalue weighted by molar-refractivity contribution is 7.89. The Labute approximate surface area is 205 Å². The number of benzene rings is 3. The number of fused-ring (bicyclic) bond motifs is 2. The standard InChI is InChI=1S/C26H27N3O5S/c1-18-17-28(14-15-29(18)35(30,31)21-11-8-19(32-2)9-12-21)26-22-16-20(33-3)10-13-24(22)34-25-7-5-4-6-23(25)27-26/h4-13,16,18H,14-15,17H2,1-3H3. The van der Waals surface area contributed by atoms with E-state index in [0.29, 0.717) is 42.6 Å². The van der Waals surface area contributed by atoms with E-state index in [0.717, 1.165) is 17.1 Å². The number of amidine groups is 1. The average molecular weight is 494 g/mol. The predicted molar refractivity (Wildman–Crippen MR) is 134 cm³/mol. The SMILES string of the molecule is COc1ccc(S(=O)(=O)N2CCN(C3=Nc4ccccc4Oc4ccc(OC)cc43)CC2C)cc1. The third-order valence-corrected chi connectivity index (χ3v) is 8.30. The lowest BCUT2D eigenvalue weighted by atomic mass is 10.1. The third kappa shape index (κ3) is 4.33. The first-order valence-corrected chi connectivity index (χ1v) is 12.8. The molecule has 1 fully saturated rings. The van der Waals surface area contributed by atoms with Gasteiger partial charge in [-0.15, -0.1) is 0 Å². The van der Waals surface area contributed by atoms with Gasteiger partial charge >= 0.3 is 0 Å². The summed E-state index contributed by atoms with van der Waals surface area (Å²) in [6.07, 6.45) is 0. The monoisotopic (exact) mass is 493 g/mol. The summed E-state index contributed by atoms with van der Waals surface area (Å²) in [4.78, 5) is 7.33. The summed E-state index contributed by atoms with van der Waals surface area (Å²) in [5, 5.41) is 0. The number of sulfonamides is 1. The summed E-state index contributed by atoms with van der Waals surface area (Å²) in [6.45, 7) is 3.21. The smallest absolute Gasteiger partial charge is 0.243 e. The maximum absolute atomic E-state index is 13.4. The Bertz CT molecular complexity index is 1370. The van der Waals surface area contributed by atoms with Crippen LogP contribution in [0.2, 0.25) is 0 Å². The summed E-state index contributed by atoms with van der Waals surface area (Å²) in [7, 11) is -0.476. The van der Waals surface area contributed by atoms with E-state index in [4.69, 9.17) is 19.2 Å². The van der Waals surface area contributed by atoms with Gasteiger partial charge in [0.25, 0.3) is 0 Å². The molecule has 182 valence electrons. The fourth-order valence-corrected chi connectivity index (χ4v) is 6.06. The number of rotatable bonds is 4. The first-order valence-electron chi connectivity index (χ1n) is 11.4. The van der Waals surface area contributed by atoms with Crippen LogP contribution in [0.3, 0.4) is 0 Å². The fraction of sp³-hybridized carbons (Fsp3) is 0.269. The average Bonchev–Trinajstić information content (AvgIpc) is 3.04. The molecule has 0 saturated carbocycles. The van der Waals surface area contributed by atoms with Crippen molar-refractivity contribution in [3.63, 3.8) is 0 Å². The summed E-state index contributed by atoms with van der Waals surface area (Å²) < 4.78 is 45.1. The Balaban J connectivity index is 1.47. The molecule has 0 radical (unpaired) electrons. The lowest BCUT2D eigenvalue weighted by Crippen LogP contribution is -2.55. The molecule has 0 bridgehead atoms. The topological polar surface area (TPSA) is 80.7 Å². The minimum atomic E-state index is -3.65. The van der Waals surface area contributed by atoms with Crippen molar-refractivity contribution in [2.75, 3.05) is 33.9 Å². The lowest BCUT2D eigenvalue weighted by molar-refractivity contribution is 0.205. The van der Waals surface area contributed by atoms with Crippen LogP contribution in [0.1, 0.15) is 12.5 Å². The van der Waals surface area contributed by atoms with Gasteiger partial charge in [-0.1, -0.05) is 12.1 Å². The molecule has 1 atom stereocenters. The second-order valence-corrected chi connectivity index (χ2v) is 10.3. The highest BCUT2D eigenvalue weighted by Crippen LogP contribution is 2.39. The van der Waals surface area contributed by atoms with Gasteiger partial charge in [-0.25, -0.2) is 13.4 Å². The maximum atomic E-state index is 13.4. The molecule has 2 aliphatic rings. The van der Waals surface area contributed by atoms with Crippen LogP contribution in [0.5, 0.6) is 23.0 Å². The number of aliphatic imine (C=N–C) groups is 1. The number of piperazine rings is 1. The van der Waals surface area contributed by atoms with Crippen molar-refractivity contribution < 1.29 is 22.6 Å². The minimum Gasteiger partial charge on any atom is -0.497 e. The number of hydrogen-bond acceptors (Lipinski definition) is 7. The lowest BCUT2D eigenvalue weighted by Gasteiger charge is -2.40. The highest BCUT2D eigenvalue weighted by atomic mass is 32.2. The third-order valence-electron chi connectivity index (χ3n) is 6.27. The Morgan fingerprint density at radius 1 is 0.914 bits per heavy atom. The molecule has 0 aromatic heterocycles. The Kier molecular flexibility index (Phi) is 6.12. The van der Waals surface area contributed by atoms with Crippen LogP contribution in [0.15, 0.2) is 76.6 Å². The van der Waals surface area contributed by atoms with Crippen LogP contribution >= 0.6 is 0 Å². The molecule has 2 aliphatic heterocycles. The van der Waals surface area contributed by atoms with Gasteiger partial charge < -0.3 is 19.1 Å². The van der Waals surface area contributed by atoms with Crippen molar-refractivity contribution in [1.82, 2.24) is 9.21 Å². The fourth-order valence-electron chi connectivity index (χ4n) is 4.44. The number of ether oxygens (including phenoxy) is 3. The zero-order chi connectivity index (χ0) is 24.6. The molecule has 2 heterocycles. The van der Waals surface area contributed by atoms with Gasteiger partial charge in [-0.2, -0.15) is 4.31 Å². The van der Waals surface area contributed by atoms with Crippen LogP contribution in [0.4, 0.5) is 5.69 Å². The van der Waals surface area contributed by atoms with Gasteiger partial charge in [-0.3, -0.25) is 0 Å². The molecule has 1 unspecified atom stereocenters. The van der Waals surface area contributed by atoms with Gasteiger partial charge in [0.1, 0.15) is 28.8 Å². The molecule has 35 heavy (non-hydrogen) atoms. The highest BCUT2D eigenvalue weighted by Gasteiger charge is 2.36. The molecule has 3 aromatic carbocycles. The molecule has 0 N–H and O–H groups in total. The first-order chi connectivity index (χ1) is 16.9. The van der Waals surface area contributed by atoms with Crippen molar-refractivity contribution in [1.29, 1.82) is 0 Å². The number of hydrogen-bond donors (Lipinski definition) is 0. The van der Waals surface area contributed by atoms with Crippen molar-refractivity contribution in [2.24, 2.45) is 4.99 Å². The second kappa shape index (κ2) is 9.24. The van der Waals surface area contributed by atoms with E-state index in [-0.39, 0.29) is 10.9 Å². The van der Waals surface area contributed by atoms with E-state index in [2.05, 4.69) is 4.90 Å². The summed E-state index contributed by atoms with van der Waals surface area (Å²) in [5.74, 6) is 3.39. The van der Waals surface area contributed by atoms with Gasteiger partial charge in [0.15, 0.2) is 5.75 Å². The van der Waals surface area contributed by atoms with E-state index < -0.39 is 10.0 Å². The van der Waals surface area contributed by atoms with Crippen molar-refractivity contribution in [3.05, 3.63) is 72.3 Å².